The van der Waals surface area contributed by atoms with E-state index in [1.54, 1.807) is 7.11 Å². The Labute approximate surface area is 192 Å². The number of nitrogen functional groups attached to an aromatic ring is 1. The molecule has 0 atom stereocenters. The van der Waals surface area contributed by atoms with Gasteiger partial charge in [0.05, 0.1) is 19.4 Å². The maximum Gasteiger partial charge on any atom is 0.234 e. The van der Waals surface area contributed by atoms with Crippen molar-refractivity contribution in [2.24, 2.45) is 0 Å². The first-order valence-corrected chi connectivity index (χ1v) is 11.4. The summed E-state index contributed by atoms with van der Waals surface area (Å²) >= 11 is 1.24. The minimum atomic E-state index is -0.133. The Morgan fingerprint density at radius 1 is 1.06 bits per heavy atom. The third-order valence-corrected chi connectivity index (χ3v) is 5.83. The number of nitrogens with two attached hydrogens (primary N) is 1. The summed E-state index contributed by atoms with van der Waals surface area (Å²) in [5.74, 6) is 7.50. The maximum atomic E-state index is 12.3. The van der Waals surface area contributed by atoms with Crippen LogP contribution < -0.4 is 26.1 Å². The summed E-state index contributed by atoms with van der Waals surface area (Å²) in [7, 11) is 1.63. The molecule has 10 heteroatoms. The molecule has 0 bridgehead atoms. The van der Waals surface area contributed by atoms with Gasteiger partial charge < -0.3 is 26.1 Å². The standard InChI is InChI=1S/C22H29N7O2S/c1-4-28(5-2)18-10-6-17(7-11-18)25-21(30)15-32-22-27-26-20(29(22)23)14-24-16-8-12-19(31-3)13-9-16/h6-13,24H,4-5,14-15,23H2,1-3H3,(H,25,30). The molecule has 1 amide bonds. The van der Waals surface area contributed by atoms with Gasteiger partial charge in [0.15, 0.2) is 5.82 Å². The number of benzene rings is 2. The number of thioether (sulfide) groups is 1. The van der Waals surface area contributed by atoms with E-state index in [9.17, 15) is 4.79 Å². The number of carbonyl (C=O) groups is 1. The van der Waals surface area contributed by atoms with Crippen LogP contribution in [-0.4, -0.2) is 46.7 Å². The molecule has 2 aromatic carbocycles. The van der Waals surface area contributed by atoms with Crippen LogP contribution in [0.3, 0.4) is 0 Å². The largest absolute Gasteiger partial charge is 0.497 e. The summed E-state index contributed by atoms with van der Waals surface area (Å²) in [6.45, 7) is 6.52. The number of carbonyl (C=O) groups excluding carboxylic acids is 1. The molecule has 9 nitrogen and oxygen atoms in total. The van der Waals surface area contributed by atoms with Crippen molar-refractivity contribution in [1.82, 2.24) is 14.9 Å². The topological polar surface area (TPSA) is 110 Å². The van der Waals surface area contributed by atoms with Crippen molar-refractivity contribution in [2.45, 2.75) is 25.5 Å². The van der Waals surface area contributed by atoms with E-state index in [0.29, 0.717) is 17.5 Å². The van der Waals surface area contributed by atoms with E-state index in [-0.39, 0.29) is 11.7 Å². The summed E-state index contributed by atoms with van der Waals surface area (Å²) in [4.78, 5) is 14.6. The molecular weight excluding hydrogens is 426 g/mol. The molecule has 0 saturated carbocycles. The Hall–Kier alpha value is -3.40. The van der Waals surface area contributed by atoms with Crippen molar-refractivity contribution in [2.75, 3.05) is 47.3 Å². The van der Waals surface area contributed by atoms with Gasteiger partial charge in [-0.1, -0.05) is 11.8 Å². The molecule has 0 aliphatic rings. The molecule has 0 aliphatic carbocycles. The van der Waals surface area contributed by atoms with Gasteiger partial charge in [-0.15, -0.1) is 10.2 Å². The number of nitrogens with one attached hydrogen (secondary N) is 2. The second-order valence-electron chi connectivity index (χ2n) is 6.91. The zero-order valence-electron chi connectivity index (χ0n) is 18.5. The number of rotatable bonds is 11. The van der Waals surface area contributed by atoms with E-state index in [2.05, 4.69) is 39.6 Å². The van der Waals surface area contributed by atoms with Gasteiger partial charge in [-0.3, -0.25) is 4.79 Å². The number of anilines is 3. The number of methoxy groups -OCH3 is 1. The zero-order chi connectivity index (χ0) is 22.9. The molecule has 32 heavy (non-hydrogen) atoms. The van der Waals surface area contributed by atoms with E-state index in [1.165, 1.54) is 16.4 Å². The number of hydrogen-bond donors (Lipinski definition) is 3. The number of aromatic nitrogens is 3. The normalized spacial score (nSPS) is 10.6. The van der Waals surface area contributed by atoms with Crippen molar-refractivity contribution >= 4 is 34.7 Å². The summed E-state index contributed by atoms with van der Waals surface area (Å²) in [6.07, 6.45) is 0. The fraction of sp³-hybridized carbons (Fsp3) is 0.318. The van der Waals surface area contributed by atoms with E-state index in [4.69, 9.17) is 10.6 Å². The van der Waals surface area contributed by atoms with Crippen LogP contribution in [0.2, 0.25) is 0 Å². The van der Waals surface area contributed by atoms with E-state index < -0.39 is 0 Å². The van der Waals surface area contributed by atoms with Crippen LogP contribution in [0.4, 0.5) is 17.1 Å². The highest BCUT2D eigenvalue weighted by molar-refractivity contribution is 7.99. The molecule has 3 aromatic rings. The predicted octanol–water partition coefficient (Wildman–Crippen LogP) is 3.19. The van der Waals surface area contributed by atoms with Gasteiger partial charge in [-0.2, -0.15) is 0 Å². The van der Waals surface area contributed by atoms with Gasteiger partial charge in [0, 0.05) is 30.2 Å². The fourth-order valence-electron chi connectivity index (χ4n) is 3.09. The van der Waals surface area contributed by atoms with Crippen LogP contribution in [-0.2, 0) is 11.3 Å². The van der Waals surface area contributed by atoms with Crippen LogP contribution in [0.15, 0.2) is 53.7 Å². The summed E-state index contributed by atoms with van der Waals surface area (Å²) in [5, 5.41) is 14.8. The highest BCUT2D eigenvalue weighted by atomic mass is 32.2. The molecule has 0 fully saturated rings. The van der Waals surface area contributed by atoms with Crippen LogP contribution >= 0.6 is 11.8 Å². The van der Waals surface area contributed by atoms with Crippen LogP contribution in [0, 0.1) is 0 Å². The number of ether oxygens (including phenoxy) is 1. The molecule has 3 rings (SSSR count). The Kier molecular flexibility index (Phi) is 8.20. The first-order chi connectivity index (χ1) is 15.5. The van der Waals surface area contributed by atoms with E-state index >= 15 is 0 Å². The van der Waals surface area contributed by atoms with Gasteiger partial charge in [-0.25, -0.2) is 4.68 Å². The second-order valence-corrected chi connectivity index (χ2v) is 7.85. The average molecular weight is 456 g/mol. The Morgan fingerprint density at radius 2 is 1.72 bits per heavy atom. The summed E-state index contributed by atoms with van der Waals surface area (Å²) in [6, 6.07) is 15.4. The molecule has 0 unspecified atom stereocenters. The lowest BCUT2D eigenvalue weighted by molar-refractivity contribution is -0.113. The first-order valence-electron chi connectivity index (χ1n) is 10.4. The van der Waals surface area contributed by atoms with Gasteiger partial charge in [0.25, 0.3) is 0 Å². The summed E-state index contributed by atoms with van der Waals surface area (Å²) < 4.78 is 6.55. The highest BCUT2D eigenvalue weighted by Gasteiger charge is 2.13. The molecule has 0 radical (unpaired) electrons. The van der Waals surface area contributed by atoms with Crippen LogP contribution in [0.5, 0.6) is 5.75 Å². The predicted molar refractivity (Wildman–Crippen MR) is 130 cm³/mol. The molecule has 4 N–H and O–H groups in total. The van der Waals surface area contributed by atoms with Gasteiger partial charge >= 0.3 is 0 Å². The lowest BCUT2D eigenvalue weighted by atomic mass is 10.2. The Bertz CT molecular complexity index is 1000. The molecule has 0 spiro atoms. The quantitative estimate of drug-likeness (QED) is 0.299. The van der Waals surface area contributed by atoms with Crippen molar-refractivity contribution in [1.29, 1.82) is 0 Å². The van der Waals surface area contributed by atoms with E-state index in [0.717, 1.165) is 35.9 Å². The van der Waals surface area contributed by atoms with Crippen LogP contribution in [0.1, 0.15) is 19.7 Å². The minimum absolute atomic E-state index is 0.133. The molecule has 1 heterocycles. The van der Waals surface area contributed by atoms with E-state index in [1.807, 2.05) is 48.5 Å². The zero-order valence-corrected chi connectivity index (χ0v) is 19.4. The van der Waals surface area contributed by atoms with Gasteiger partial charge in [0.1, 0.15) is 5.75 Å². The number of nitrogens with zero attached hydrogens (tertiary/aromatic N) is 4. The second kappa shape index (κ2) is 11.3. The molecule has 1 aromatic heterocycles. The van der Waals surface area contributed by atoms with Gasteiger partial charge in [0.2, 0.25) is 11.1 Å². The molecule has 0 aliphatic heterocycles. The fourth-order valence-corrected chi connectivity index (χ4v) is 3.76. The molecular formula is C22H29N7O2S. The molecule has 170 valence electrons. The monoisotopic (exact) mass is 455 g/mol. The van der Waals surface area contributed by atoms with Crippen LogP contribution in [0.25, 0.3) is 0 Å². The maximum absolute atomic E-state index is 12.3. The minimum Gasteiger partial charge on any atom is -0.497 e. The third-order valence-electron chi connectivity index (χ3n) is 4.89. The Balaban J connectivity index is 1.49. The number of amides is 1. The smallest absolute Gasteiger partial charge is 0.234 e. The lowest BCUT2D eigenvalue weighted by Crippen LogP contribution is -2.21. The highest BCUT2D eigenvalue weighted by Crippen LogP contribution is 2.20. The van der Waals surface area contributed by atoms with Crippen molar-refractivity contribution in [3.8, 4) is 5.75 Å². The summed E-state index contributed by atoms with van der Waals surface area (Å²) in [5.41, 5.74) is 2.80. The first kappa shape index (κ1) is 23.3. The number of hydrogen-bond acceptors (Lipinski definition) is 8. The average Bonchev–Trinajstić information content (AvgIpc) is 3.17. The van der Waals surface area contributed by atoms with Crippen molar-refractivity contribution in [3.63, 3.8) is 0 Å². The van der Waals surface area contributed by atoms with Crippen molar-refractivity contribution < 1.29 is 9.53 Å². The third kappa shape index (κ3) is 6.07. The Morgan fingerprint density at radius 3 is 2.34 bits per heavy atom. The SMILES string of the molecule is CCN(CC)c1ccc(NC(=O)CSc2nnc(CNc3ccc(OC)cc3)n2N)cc1. The van der Waals surface area contributed by atoms with Crippen molar-refractivity contribution in [3.05, 3.63) is 54.4 Å². The molecule has 0 saturated heterocycles. The lowest BCUT2D eigenvalue weighted by Gasteiger charge is -2.21. The van der Waals surface area contributed by atoms with Gasteiger partial charge in [-0.05, 0) is 62.4 Å².